The van der Waals surface area contributed by atoms with Gasteiger partial charge in [0.15, 0.2) is 0 Å². The molecule has 19 heavy (non-hydrogen) atoms. The number of halogens is 1. The molecule has 0 atom stereocenters. The molecule has 0 bridgehead atoms. The molecule has 0 fully saturated rings. The molecule has 1 heterocycles. The van der Waals surface area contributed by atoms with Gasteiger partial charge in [0, 0.05) is 28.3 Å². The Morgan fingerprint density at radius 2 is 2.21 bits per heavy atom. The number of hydrogen-bond acceptors (Lipinski definition) is 4. The second kappa shape index (κ2) is 5.07. The van der Waals surface area contributed by atoms with E-state index < -0.39 is 10.8 Å². The molecular weight excluding hydrogens is 272 g/mol. The number of H-pyrrole nitrogens is 1. The molecule has 0 unspecified atom stereocenters. The third-order valence-corrected chi connectivity index (χ3v) is 2.64. The minimum atomic E-state index is -0.607. The van der Waals surface area contributed by atoms with Crippen molar-refractivity contribution in [3.05, 3.63) is 50.7 Å². The molecule has 0 aliphatic heterocycles. The number of non-ortho nitro benzene ring substituents is 1. The van der Waals surface area contributed by atoms with Gasteiger partial charge in [0.1, 0.15) is 5.82 Å². The molecule has 0 aliphatic rings. The van der Waals surface area contributed by atoms with Crippen molar-refractivity contribution in [2.75, 3.05) is 5.32 Å². The number of aromatic nitrogens is 2. The van der Waals surface area contributed by atoms with E-state index in [2.05, 4.69) is 15.5 Å². The molecule has 98 valence electrons. The van der Waals surface area contributed by atoms with Crippen LogP contribution >= 0.6 is 11.6 Å². The van der Waals surface area contributed by atoms with Crippen LogP contribution in [0.4, 0.5) is 11.5 Å². The van der Waals surface area contributed by atoms with Gasteiger partial charge in [0.2, 0.25) is 0 Å². The summed E-state index contributed by atoms with van der Waals surface area (Å²) >= 11 is 5.75. The first-order chi connectivity index (χ1) is 8.97. The van der Waals surface area contributed by atoms with Crippen molar-refractivity contribution in [3.8, 4) is 0 Å². The Bertz CT molecular complexity index is 653. The van der Waals surface area contributed by atoms with E-state index in [0.29, 0.717) is 5.82 Å². The fraction of sp³-hybridized carbons (Fsp3) is 0.0909. The van der Waals surface area contributed by atoms with E-state index in [1.807, 2.05) is 0 Å². The molecule has 0 radical (unpaired) electrons. The Morgan fingerprint density at radius 1 is 1.47 bits per heavy atom. The van der Waals surface area contributed by atoms with E-state index in [-0.39, 0.29) is 16.3 Å². The number of nitrogens with zero attached hydrogens (tertiary/aromatic N) is 2. The highest BCUT2D eigenvalue weighted by Gasteiger charge is 2.15. The molecule has 1 amide bonds. The number of aromatic amines is 1. The standard InChI is InChI=1S/C11H9ClN4O3/c1-6-5-13-15-10(6)14-11(17)7-2-8(12)4-9(3-7)16(18)19/h2-5H,1H3,(H2,13,14,15,17). The van der Waals surface area contributed by atoms with Crippen molar-refractivity contribution < 1.29 is 9.72 Å². The summed E-state index contributed by atoms with van der Waals surface area (Å²) in [6.45, 7) is 1.76. The Morgan fingerprint density at radius 3 is 2.79 bits per heavy atom. The van der Waals surface area contributed by atoms with Gasteiger partial charge in [0.05, 0.1) is 11.1 Å². The number of nitro benzene ring substituents is 1. The van der Waals surface area contributed by atoms with Crippen LogP contribution in [0.3, 0.4) is 0 Å². The van der Waals surface area contributed by atoms with Crippen LogP contribution in [0.15, 0.2) is 24.4 Å². The van der Waals surface area contributed by atoms with Crippen LogP contribution in [0.5, 0.6) is 0 Å². The van der Waals surface area contributed by atoms with Crippen LogP contribution in [-0.2, 0) is 0 Å². The molecule has 0 saturated heterocycles. The summed E-state index contributed by atoms with van der Waals surface area (Å²) in [5, 5.41) is 19.8. The SMILES string of the molecule is Cc1cn[nH]c1NC(=O)c1cc(Cl)cc([N+](=O)[O-])c1. The Balaban J connectivity index is 2.29. The molecule has 0 spiro atoms. The second-order valence-electron chi connectivity index (χ2n) is 3.84. The molecule has 2 N–H and O–H groups in total. The molecule has 1 aromatic heterocycles. The minimum Gasteiger partial charge on any atom is -0.307 e. The van der Waals surface area contributed by atoms with E-state index in [0.717, 1.165) is 11.6 Å². The van der Waals surface area contributed by atoms with Crippen LogP contribution in [0.1, 0.15) is 15.9 Å². The lowest BCUT2D eigenvalue weighted by Crippen LogP contribution is -2.13. The summed E-state index contributed by atoms with van der Waals surface area (Å²) < 4.78 is 0. The lowest BCUT2D eigenvalue weighted by Gasteiger charge is -2.04. The number of aryl methyl sites for hydroxylation is 1. The van der Waals surface area contributed by atoms with Crippen LogP contribution < -0.4 is 5.32 Å². The number of hydrogen-bond donors (Lipinski definition) is 2. The average molecular weight is 281 g/mol. The normalized spacial score (nSPS) is 10.2. The number of anilines is 1. The van der Waals surface area contributed by atoms with Gasteiger partial charge in [-0.1, -0.05) is 11.6 Å². The van der Waals surface area contributed by atoms with E-state index in [4.69, 9.17) is 11.6 Å². The van der Waals surface area contributed by atoms with Gasteiger partial charge in [-0.15, -0.1) is 0 Å². The van der Waals surface area contributed by atoms with Crippen LogP contribution in [0.2, 0.25) is 5.02 Å². The maximum absolute atomic E-state index is 12.0. The number of nitro groups is 1. The summed E-state index contributed by atoms with van der Waals surface area (Å²) in [4.78, 5) is 22.0. The highest BCUT2D eigenvalue weighted by molar-refractivity contribution is 6.31. The topological polar surface area (TPSA) is 101 Å². The van der Waals surface area contributed by atoms with Gasteiger partial charge >= 0.3 is 0 Å². The molecule has 2 rings (SSSR count). The zero-order valence-electron chi connectivity index (χ0n) is 9.81. The quantitative estimate of drug-likeness (QED) is 0.666. The number of rotatable bonds is 3. The number of benzene rings is 1. The average Bonchev–Trinajstić information content (AvgIpc) is 2.74. The molecule has 0 aliphatic carbocycles. The highest BCUT2D eigenvalue weighted by atomic mass is 35.5. The summed E-state index contributed by atoms with van der Waals surface area (Å²) in [6.07, 6.45) is 1.55. The highest BCUT2D eigenvalue weighted by Crippen LogP contribution is 2.21. The predicted octanol–water partition coefficient (Wildman–Crippen LogP) is 2.53. The molecule has 8 heteroatoms. The Hall–Kier alpha value is -2.41. The third-order valence-electron chi connectivity index (χ3n) is 2.42. The zero-order valence-corrected chi connectivity index (χ0v) is 10.6. The van der Waals surface area contributed by atoms with Crippen molar-refractivity contribution in [2.45, 2.75) is 6.92 Å². The maximum atomic E-state index is 12.0. The smallest absolute Gasteiger partial charge is 0.271 e. The number of carbonyl (C=O) groups excluding carboxylic acids is 1. The van der Waals surface area contributed by atoms with Gasteiger partial charge in [-0.3, -0.25) is 20.0 Å². The van der Waals surface area contributed by atoms with Gasteiger partial charge in [-0.05, 0) is 13.0 Å². The van der Waals surface area contributed by atoms with E-state index in [9.17, 15) is 14.9 Å². The monoisotopic (exact) mass is 280 g/mol. The lowest BCUT2D eigenvalue weighted by atomic mass is 10.2. The molecule has 1 aromatic carbocycles. The first-order valence-electron chi connectivity index (χ1n) is 5.23. The van der Waals surface area contributed by atoms with Crippen molar-refractivity contribution >= 4 is 29.0 Å². The van der Waals surface area contributed by atoms with Crippen LogP contribution in [0, 0.1) is 17.0 Å². The van der Waals surface area contributed by atoms with Gasteiger partial charge in [0.25, 0.3) is 11.6 Å². The summed E-state index contributed by atoms with van der Waals surface area (Å²) in [5.41, 5.74) is 0.622. The predicted molar refractivity (Wildman–Crippen MR) is 69.4 cm³/mol. The van der Waals surface area contributed by atoms with Crippen molar-refractivity contribution in [2.24, 2.45) is 0 Å². The van der Waals surface area contributed by atoms with E-state index in [1.54, 1.807) is 13.1 Å². The van der Waals surface area contributed by atoms with Crippen molar-refractivity contribution in [3.63, 3.8) is 0 Å². The maximum Gasteiger partial charge on any atom is 0.271 e. The third kappa shape index (κ3) is 2.89. The first-order valence-corrected chi connectivity index (χ1v) is 5.61. The summed E-state index contributed by atoms with van der Waals surface area (Å²) in [6, 6.07) is 3.70. The van der Waals surface area contributed by atoms with E-state index in [1.165, 1.54) is 12.1 Å². The number of amides is 1. The molecule has 7 nitrogen and oxygen atoms in total. The van der Waals surface area contributed by atoms with Crippen LogP contribution in [0.25, 0.3) is 0 Å². The summed E-state index contributed by atoms with van der Waals surface area (Å²) in [5.74, 6) is -0.0643. The number of carbonyl (C=O) groups is 1. The Kier molecular flexibility index (Phi) is 3.48. The fourth-order valence-corrected chi connectivity index (χ4v) is 1.70. The molecular formula is C11H9ClN4O3. The van der Waals surface area contributed by atoms with Gasteiger partial charge < -0.3 is 5.32 Å². The first kappa shape index (κ1) is 13.0. The summed E-state index contributed by atoms with van der Waals surface area (Å²) in [7, 11) is 0. The van der Waals surface area contributed by atoms with Crippen LogP contribution in [-0.4, -0.2) is 21.0 Å². The minimum absolute atomic E-state index is 0.105. The molecule has 0 saturated carbocycles. The molecule has 2 aromatic rings. The fourth-order valence-electron chi connectivity index (χ4n) is 1.47. The van der Waals surface area contributed by atoms with Crippen molar-refractivity contribution in [1.29, 1.82) is 0 Å². The Labute approximate surface area is 112 Å². The van der Waals surface area contributed by atoms with E-state index >= 15 is 0 Å². The second-order valence-corrected chi connectivity index (χ2v) is 4.27. The largest absolute Gasteiger partial charge is 0.307 e. The zero-order chi connectivity index (χ0) is 14.0. The lowest BCUT2D eigenvalue weighted by molar-refractivity contribution is -0.384. The van der Waals surface area contributed by atoms with Crippen molar-refractivity contribution in [1.82, 2.24) is 10.2 Å². The van der Waals surface area contributed by atoms with Gasteiger partial charge in [-0.25, -0.2) is 0 Å². The van der Waals surface area contributed by atoms with Gasteiger partial charge in [-0.2, -0.15) is 5.10 Å². The number of nitrogens with one attached hydrogen (secondary N) is 2.